The molecule has 1 aromatic rings. The van der Waals surface area contributed by atoms with Crippen molar-refractivity contribution in [1.29, 1.82) is 0 Å². The van der Waals surface area contributed by atoms with Crippen LogP contribution in [0.15, 0.2) is 18.2 Å². The van der Waals surface area contributed by atoms with Gasteiger partial charge in [-0.3, -0.25) is 0 Å². The fraction of sp³-hybridized carbons (Fsp3) is 0.538. The zero-order valence-corrected chi connectivity index (χ0v) is 10.2. The molecular weight excluding hydrogens is 204 g/mol. The summed E-state index contributed by atoms with van der Waals surface area (Å²) in [6, 6.07) is 5.44. The molecule has 1 N–H and O–H groups in total. The Hall–Kier alpha value is -1.22. The van der Waals surface area contributed by atoms with Crippen molar-refractivity contribution in [2.24, 2.45) is 5.92 Å². The molecule has 0 amide bonds. The van der Waals surface area contributed by atoms with E-state index in [1.807, 2.05) is 19.1 Å². The molecule has 3 heteroatoms. The quantitative estimate of drug-likeness (QED) is 0.596. The molecule has 0 fully saturated rings. The summed E-state index contributed by atoms with van der Waals surface area (Å²) in [5, 5.41) is 9.72. The molecule has 3 nitrogen and oxygen atoms in total. The van der Waals surface area contributed by atoms with Gasteiger partial charge in [0.05, 0.1) is 0 Å². The van der Waals surface area contributed by atoms with E-state index in [2.05, 4.69) is 13.8 Å². The normalized spacial score (nSPS) is 10.8. The van der Waals surface area contributed by atoms with E-state index in [0.717, 1.165) is 12.0 Å². The summed E-state index contributed by atoms with van der Waals surface area (Å²) >= 11 is 0. The van der Waals surface area contributed by atoms with Gasteiger partial charge in [-0.15, -0.1) is 0 Å². The first-order chi connectivity index (χ1) is 7.65. The van der Waals surface area contributed by atoms with Crippen molar-refractivity contribution in [1.82, 2.24) is 0 Å². The molecule has 0 aromatic heterocycles. The van der Waals surface area contributed by atoms with E-state index in [4.69, 9.17) is 9.47 Å². The zero-order valence-electron chi connectivity index (χ0n) is 10.2. The first-order valence-corrected chi connectivity index (χ1v) is 5.66. The molecule has 0 unspecified atom stereocenters. The Kier molecular flexibility index (Phi) is 5.12. The van der Waals surface area contributed by atoms with Crippen molar-refractivity contribution >= 4 is 0 Å². The number of rotatable bonds is 6. The molecule has 90 valence electrons. The zero-order chi connectivity index (χ0) is 12.0. The minimum absolute atomic E-state index is 0.179. The fourth-order valence-corrected chi connectivity index (χ4v) is 1.52. The second-order valence-corrected chi connectivity index (χ2v) is 4.12. The Morgan fingerprint density at radius 2 is 2.06 bits per heavy atom. The van der Waals surface area contributed by atoms with Gasteiger partial charge >= 0.3 is 0 Å². The molecule has 1 aromatic carbocycles. The van der Waals surface area contributed by atoms with Gasteiger partial charge in [0.2, 0.25) is 0 Å². The molecule has 0 aliphatic heterocycles. The van der Waals surface area contributed by atoms with Crippen molar-refractivity contribution < 1.29 is 14.6 Å². The third kappa shape index (κ3) is 3.74. The molecule has 16 heavy (non-hydrogen) atoms. The number of hydrogen-bond acceptors (Lipinski definition) is 3. The van der Waals surface area contributed by atoms with Gasteiger partial charge in [-0.2, -0.15) is 0 Å². The molecule has 0 saturated heterocycles. The number of para-hydroxylation sites is 1. The lowest BCUT2D eigenvalue weighted by Gasteiger charge is -2.14. The fourth-order valence-electron chi connectivity index (χ4n) is 1.52. The molecule has 0 spiro atoms. The van der Waals surface area contributed by atoms with Crippen LogP contribution in [0.5, 0.6) is 11.5 Å². The van der Waals surface area contributed by atoms with Crippen LogP contribution < -0.4 is 4.74 Å². The van der Waals surface area contributed by atoms with Gasteiger partial charge < -0.3 is 14.6 Å². The van der Waals surface area contributed by atoms with E-state index >= 15 is 0 Å². The summed E-state index contributed by atoms with van der Waals surface area (Å²) in [7, 11) is 0. The van der Waals surface area contributed by atoms with Crippen molar-refractivity contribution in [3.05, 3.63) is 23.8 Å². The molecule has 1 rings (SSSR count). The summed E-state index contributed by atoms with van der Waals surface area (Å²) in [6.07, 6.45) is 0.885. The van der Waals surface area contributed by atoms with Gasteiger partial charge in [-0.1, -0.05) is 26.0 Å². The second kappa shape index (κ2) is 6.38. The predicted octanol–water partition coefficient (Wildman–Crippen LogP) is 2.96. The first kappa shape index (κ1) is 12.8. The molecule has 0 bridgehead atoms. The van der Waals surface area contributed by atoms with Crippen LogP contribution >= 0.6 is 0 Å². The van der Waals surface area contributed by atoms with Crippen LogP contribution in [0.2, 0.25) is 0 Å². The Morgan fingerprint density at radius 3 is 2.69 bits per heavy atom. The monoisotopic (exact) mass is 224 g/mol. The van der Waals surface area contributed by atoms with E-state index in [0.29, 0.717) is 18.3 Å². The largest absolute Gasteiger partial charge is 0.504 e. The van der Waals surface area contributed by atoms with Gasteiger partial charge in [-0.05, 0) is 30.9 Å². The van der Waals surface area contributed by atoms with Crippen molar-refractivity contribution in [2.45, 2.75) is 27.2 Å². The average molecular weight is 224 g/mol. The standard InChI is InChI=1S/C13H20O3/c1-4-15-9-16-13-11(8-10(2)3)6-5-7-12(13)14/h5-7,10,14H,4,8-9H2,1-3H3. The topological polar surface area (TPSA) is 38.7 Å². The van der Waals surface area contributed by atoms with Crippen molar-refractivity contribution in [2.75, 3.05) is 13.4 Å². The molecule has 0 aliphatic rings. The highest BCUT2D eigenvalue weighted by molar-refractivity contribution is 5.45. The summed E-state index contributed by atoms with van der Waals surface area (Å²) in [5.41, 5.74) is 1.02. The maximum atomic E-state index is 9.72. The Labute approximate surface area is 97.0 Å². The summed E-state index contributed by atoms with van der Waals surface area (Å²) < 4.78 is 10.6. The second-order valence-electron chi connectivity index (χ2n) is 4.12. The lowest BCUT2D eigenvalue weighted by Crippen LogP contribution is -2.05. The van der Waals surface area contributed by atoms with Gasteiger partial charge in [0.25, 0.3) is 0 Å². The average Bonchev–Trinajstić information content (AvgIpc) is 2.21. The highest BCUT2D eigenvalue weighted by atomic mass is 16.7. The summed E-state index contributed by atoms with van der Waals surface area (Å²) in [6.45, 7) is 6.96. The van der Waals surface area contributed by atoms with Crippen molar-refractivity contribution in [3.8, 4) is 11.5 Å². The lowest BCUT2D eigenvalue weighted by atomic mass is 10.0. The van der Waals surface area contributed by atoms with E-state index < -0.39 is 0 Å². The summed E-state index contributed by atoms with van der Waals surface area (Å²) in [5.74, 6) is 1.25. The minimum Gasteiger partial charge on any atom is -0.504 e. The number of benzene rings is 1. The number of ether oxygens (including phenoxy) is 2. The molecular formula is C13H20O3. The Bertz CT molecular complexity index is 321. The van der Waals surface area contributed by atoms with E-state index in [1.54, 1.807) is 6.07 Å². The van der Waals surface area contributed by atoms with Gasteiger partial charge in [0, 0.05) is 6.61 Å². The highest BCUT2D eigenvalue weighted by Gasteiger charge is 2.10. The Balaban J connectivity index is 2.77. The van der Waals surface area contributed by atoms with Crippen LogP contribution in [0.3, 0.4) is 0 Å². The third-order valence-electron chi connectivity index (χ3n) is 2.19. The van der Waals surface area contributed by atoms with Gasteiger partial charge in [0.15, 0.2) is 18.3 Å². The van der Waals surface area contributed by atoms with Gasteiger partial charge in [-0.25, -0.2) is 0 Å². The van der Waals surface area contributed by atoms with Crippen LogP contribution in [0.25, 0.3) is 0 Å². The molecule has 0 atom stereocenters. The van der Waals surface area contributed by atoms with Crippen LogP contribution in [0, 0.1) is 5.92 Å². The summed E-state index contributed by atoms with van der Waals surface area (Å²) in [4.78, 5) is 0. The molecule has 0 heterocycles. The van der Waals surface area contributed by atoms with Crippen LogP contribution in [0.4, 0.5) is 0 Å². The lowest BCUT2D eigenvalue weighted by molar-refractivity contribution is 0.0202. The van der Waals surface area contributed by atoms with Gasteiger partial charge in [0.1, 0.15) is 0 Å². The third-order valence-corrected chi connectivity index (χ3v) is 2.19. The molecule has 0 saturated carbocycles. The molecule has 0 radical (unpaired) electrons. The van der Waals surface area contributed by atoms with Crippen molar-refractivity contribution in [3.63, 3.8) is 0 Å². The number of phenols is 1. The number of hydrogen-bond donors (Lipinski definition) is 1. The maximum absolute atomic E-state index is 9.72. The predicted molar refractivity (Wildman–Crippen MR) is 63.8 cm³/mol. The van der Waals surface area contributed by atoms with Crippen LogP contribution in [0.1, 0.15) is 26.3 Å². The van der Waals surface area contributed by atoms with E-state index in [9.17, 15) is 5.11 Å². The first-order valence-electron chi connectivity index (χ1n) is 5.66. The Morgan fingerprint density at radius 1 is 1.31 bits per heavy atom. The minimum atomic E-state index is 0.179. The number of phenolic OH excluding ortho intramolecular Hbond substituents is 1. The van der Waals surface area contributed by atoms with Crippen LogP contribution in [-0.4, -0.2) is 18.5 Å². The SMILES string of the molecule is CCOCOc1c(O)cccc1CC(C)C. The maximum Gasteiger partial charge on any atom is 0.189 e. The van der Waals surface area contributed by atoms with E-state index in [-0.39, 0.29) is 12.5 Å². The number of aromatic hydroxyl groups is 1. The van der Waals surface area contributed by atoms with E-state index in [1.165, 1.54) is 0 Å². The highest BCUT2D eigenvalue weighted by Crippen LogP contribution is 2.31. The smallest absolute Gasteiger partial charge is 0.189 e. The van der Waals surface area contributed by atoms with Crippen LogP contribution in [-0.2, 0) is 11.2 Å². The molecule has 0 aliphatic carbocycles.